The van der Waals surface area contributed by atoms with Crippen LogP contribution in [0.5, 0.6) is 0 Å². The van der Waals surface area contributed by atoms with Gasteiger partial charge in [-0.05, 0) is 87.0 Å². The van der Waals surface area contributed by atoms with Gasteiger partial charge in [-0.3, -0.25) is 4.98 Å². The highest BCUT2D eigenvalue weighted by atomic mass is 32.2. The van der Waals surface area contributed by atoms with Crippen molar-refractivity contribution in [2.45, 2.75) is 9.79 Å². The van der Waals surface area contributed by atoms with Crippen molar-refractivity contribution < 1.29 is 4.42 Å². The second-order valence-corrected chi connectivity index (χ2v) is 15.5. The van der Waals surface area contributed by atoms with Gasteiger partial charge < -0.3 is 4.42 Å². The lowest BCUT2D eigenvalue weighted by Gasteiger charge is -2.16. The summed E-state index contributed by atoms with van der Waals surface area (Å²) in [5, 5.41) is 2.21. The van der Waals surface area contributed by atoms with Gasteiger partial charge in [0.15, 0.2) is 5.82 Å². The van der Waals surface area contributed by atoms with Gasteiger partial charge in [0.05, 0.1) is 11.4 Å². The molecule has 10 aromatic rings. The van der Waals surface area contributed by atoms with Gasteiger partial charge in [-0.15, -0.1) is 0 Å². The Kier molecular flexibility index (Phi) is 8.37. The summed E-state index contributed by atoms with van der Waals surface area (Å²) in [6.45, 7) is 0. The maximum atomic E-state index is 6.54. The third kappa shape index (κ3) is 6.19. The largest absolute Gasteiger partial charge is 0.456 e. The minimum atomic E-state index is 0.675. The Balaban J connectivity index is 1.13. The van der Waals surface area contributed by atoms with Crippen molar-refractivity contribution >= 4 is 45.9 Å². The van der Waals surface area contributed by atoms with Gasteiger partial charge in [-0.1, -0.05) is 157 Å². The van der Waals surface area contributed by atoms with Gasteiger partial charge in [0.25, 0.3) is 0 Å². The lowest BCUT2D eigenvalue weighted by atomic mass is 9.93. The molecule has 5 heteroatoms. The molecule has 272 valence electrons. The Morgan fingerprint density at radius 3 is 1.93 bits per heavy atom. The molecule has 0 bridgehead atoms. The molecule has 0 saturated carbocycles. The first-order chi connectivity index (χ1) is 28.7. The fourth-order valence-electron chi connectivity index (χ4n) is 7.93. The van der Waals surface area contributed by atoms with Crippen LogP contribution in [0.4, 0.5) is 0 Å². The molecule has 0 fully saturated rings. The SMILES string of the molecule is C1=C\c2ccc(-c3cc(-c4ccc(-c5cccnc5)cc4)nc(-c4ccccc4)n3)cc2-c2cc3oc4ccccc4c3cc2Sc2ccccc2-c2ccccc2/1. The van der Waals surface area contributed by atoms with E-state index in [0.29, 0.717) is 5.82 Å². The van der Waals surface area contributed by atoms with Crippen LogP contribution in [0.1, 0.15) is 11.1 Å². The van der Waals surface area contributed by atoms with Gasteiger partial charge >= 0.3 is 0 Å². The number of aromatic nitrogens is 3. The number of benzene rings is 7. The molecule has 1 aliphatic rings. The summed E-state index contributed by atoms with van der Waals surface area (Å²) in [4.78, 5) is 17.0. The number of para-hydroxylation sites is 1. The molecule has 11 rings (SSSR count). The lowest BCUT2D eigenvalue weighted by molar-refractivity contribution is 0.669. The summed E-state index contributed by atoms with van der Waals surface area (Å²) in [6.07, 6.45) is 8.17. The van der Waals surface area contributed by atoms with Crippen molar-refractivity contribution in [3.8, 4) is 67.3 Å². The standard InChI is InChI=1S/C53H33N3OS/c1-2-12-38(13-3-1)53-55-47(37-25-20-34(21-26-37)40-14-10-28-54-33-40)32-48(56-53)39-27-24-36-23-22-35-11-4-5-15-41(35)43-17-7-9-19-51(43)58-52-31-45-42-16-6-8-18-49(42)57-50(45)30-46(52)44(36)29-39/h1-33H/b23-22-. The molecule has 3 aromatic heterocycles. The van der Waals surface area contributed by atoms with Crippen LogP contribution in [0, 0.1) is 0 Å². The Morgan fingerprint density at radius 1 is 0.397 bits per heavy atom. The first-order valence-corrected chi connectivity index (χ1v) is 20.1. The Morgan fingerprint density at radius 2 is 1.09 bits per heavy atom. The molecular formula is C53H33N3OS. The van der Waals surface area contributed by atoms with Crippen molar-refractivity contribution in [3.63, 3.8) is 0 Å². The van der Waals surface area contributed by atoms with Gasteiger partial charge in [-0.2, -0.15) is 0 Å². The number of furan rings is 1. The van der Waals surface area contributed by atoms with Crippen LogP contribution in [-0.2, 0) is 0 Å². The van der Waals surface area contributed by atoms with Crippen molar-refractivity contribution in [1.29, 1.82) is 0 Å². The molecule has 0 spiro atoms. The van der Waals surface area contributed by atoms with Crippen LogP contribution in [0.3, 0.4) is 0 Å². The molecule has 0 saturated heterocycles. The van der Waals surface area contributed by atoms with Crippen LogP contribution >= 0.6 is 11.8 Å². The summed E-state index contributed by atoms with van der Waals surface area (Å²) in [5.41, 5.74) is 15.5. The Labute approximate surface area is 340 Å². The molecule has 0 amide bonds. The van der Waals surface area contributed by atoms with E-state index in [4.69, 9.17) is 14.4 Å². The van der Waals surface area contributed by atoms with Crippen molar-refractivity contribution in [1.82, 2.24) is 15.0 Å². The molecule has 1 aliphatic heterocycles. The van der Waals surface area contributed by atoms with Gasteiger partial charge in [-0.25, -0.2) is 9.97 Å². The highest BCUT2D eigenvalue weighted by molar-refractivity contribution is 7.99. The van der Waals surface area contributed by atoms with Crippen LogP contribution in [0.2, 0.25) is 0 Å². The normalized spacial score (nSPS) is 12.6. The predicted octanol–water partition coefficient (Wildman–Crippen LogP) is 14.4. The Bertz CT molecular complexity index is 3190. The molecule has 4 heterocycles. The van der Waals surface area contributed by atoms with E-state index in [2.05, 4.69) is 157 Å². The number of hydrogen-bond acceptors (Lipinski definition) is 5. The van der Waals surface area contributed by atoms with Crippen LogP contribution in [0.15, 0.2) is 203 Å². The number of pyridine rings is 1. The van der Waals surface area contributed by atoms with E-state index in [-0.39, 0.29) is 0 Å². The van der Waals surface area contributed by atoms with E-state index in [9.17, 15) is 0 Å². The van der Waals surface area contributed by atoms with Crippen LogP contribution in [-0.4, -0.2) is 15.0 Å². The molecule has 0 radical (unpaired) electrons. The fraction of sp³-hybridized carbons (Fsp3) is 0. The summed E-state index contributed by atoms with van der Waals surface area (Å²) in [7, 11) is 0. The number of hydrogen-bond donors (Lipinski definition) is 0. The molecule has 7 aromatic carbocycles. The zero-order valence-electron chi connectivity index (χ0n) is 31.2. The van der Waals surface area contributed by atoms with E-state index >= 15 is 0 Å². The maximum Gasteiger partial charge on any atom is 0.160 e. The smallest absolute Gasteiger partial charge is 0.160 e. The first kappa shape index (κ1) is 34.0. The van der Waals surface area contributed by atoms with E-state index < -0.39 is 0 Å². The summed E-state index contributed by atoms with van der Waals surface area (Å²) >= 11 is 1.80. The second kappa shape index (κ2) is 14.3. The predicted molar refractivity (Wildman–Crippen MR) is 239 cm³/mol. The summed E-state index contributed by atoms with van der Waals surface area (Å²) < 4.78 is 6.54. The van der Waals surface area contributed by atoms with E-state index in [0.717, 1.165) is 82.7 Å². The lowest BCUT2D eigenvalue weighted by Crippen LogP contribution is -1.97. The topological polar surface area (TPSA) is 51.8 Å². The zero-order chi connectivity index (χ0) is 38.4. The number of fused-ring (bicyclic) bond motifs is 9. The molecule has 58 heavy (non-hydrogen) atoms. The van der Waals surface area contributed by atoms with E-state index in [1.165, 1.54) is 21.6 Å². The van der Waals surface area contributed by atoms with Crippen molar-refractivity contribution in [2.24, 2.45) is 0 Å². The highest BCUT2D eigenvalue weighted by Gasteiger charge is 2.20. The average Bonchev–Trinajstić information content (AvgIpc) is 3.65. The van der Waals surface area contributed by atoms with Crippen molar-refractivity contribution in [3.05, 3.63) is 199 Å². The molecular weight excluding hydrogens is 727 g/mol. The monoisotopic (exact) mass is 759 g/mol. The van der Waals surface area contributed by atoms with Gasteiger partial charge in [0.1, 0.15) is 11.2 Å². The molecule has 0 aliphatic carbocycles. The molecule has 0 N–H and O–H groups in total. The fourth-order valence-corrected chi connectivity index (χ4v) is 9.06. The minimum absolute atomic E-state index is 0.675. The van der Waals surface area contributed by atoms with Crippen LogP contribution < -0.4 is 0 Å². The van der Waals surface area contributed by atoms with E-state index in [1.54, 1.807) is 18.0 Å². The highest BCUT2D eigenvalue weighted by Crippen LogP contribution is 2.47. The second-order valence-electron chi connectivity index (χ2n) is 14.4. The van der Waals surface area contributed by atoms with Gasteiger partial charge in [0, 0.05) is 49.6 Å². The number of nitrogens with zero attached hydrogens (tertiary/aromatic N) is 3. The van der Waals surface area contributed by atoms with Crippen LogP contribution in [0.25, 0.3) is 101 Å². The first-order valence-electron chi connectivity index (χ1n) is 19.3. The maximum absolute atomic E-state index is 6.54. The third-order valence-corrected chi connectivity index (χ3v) is 12.0. The molecule has 0 unspecified atom stereocenters. The third-order valence-electron chi connectivity index (χ3n) is 10.9. The summed E-state index contributed by atoms with van der Waals surface area (Å²) in [5.74, 6) is 0.675. The quantitative estimate of drug-likeness (QED) is 0.179. The number of rotatable bonds is 4. The molecule has 0 atom stereocenters. The van der Waals surface area contributed by atoms with E-state index in [1.807, 2.05) is 42.6 Å². The molecule has 4 nitrogen and oxygen atoms in total. The average molecular weight is 760 g/mol. The minimum Gasteiger partial charge on any atom is -0.456 e. The summed E-state index contributed by atoms with van der Waals surface area (Å²) in [6, 6.07) is 61.8. The van der Waals surface area contributed by atoms with Crippen molar-refractivity contribution in [2.75, 3.05) is 0 Å². The Hall–Kier alpha value is -7.34. The van der Waals surface area contributed by atoms with Gasteiger partial charge in [0.2, 0.25) is 0 Å². The zero-order valence-corrected chi connectivity index (χ0v) is 32.0.